The van der Waals surface area contributed by atoms with Crippen molar-refractivity contribution in [1.29, 1.82) is 0 Å². The molecule has 0 aliphatic carbocycles. The van der Waals surface area contributed by atoms with Crippen LogP contribution in [0.1, 0.15) is 18.1 Å². The van der Waals surface area contributed by atoms with Crippen LogP contribution in [0, 0.1) is 0 Å². The number of hydrogen-bond donors (Lipinski definition) is 1. The minimum absolute atomic E-state index is 0.0559. The summed E-state index contributed by atoms with van der Waals surface area (Å²) < 4.78 is 29.9. The Morgan fingerprint density at radius 2 is 2.00 bits per heavy atom. The van der Waals surface area contributed by atoms with Crippen LogP contribution in [-0.4, -0.2) is 20.8 Å². The maximum absolute atomic E-state index is 12.8. The molecule has 0 amide bonds. The summed E-state index contributed by atoms with van der Waals surface area (Å²) in [6.45, 7) is 6.66. The third kappa shape index (κ3) is 3.83. The van der Waals surface area contributed by atoms with Crippen LogP contribution in [0.4, 0.5) is 5.69 Å². The summed E-state index contributed by atoms with van der Waals surface area (Å²) in [6, 6.07) is 12.9. The van der Waals surface area contributed by atoms with Crippen LogP contribution in [-0.2, 0) is 22.9 Å². The van der Waals surface area contributed by atoms with E-state index in [-0.39, 0.29) is 17.2 Å². The van der Waals surface area contributed by atoms with Crippen LogP contribution >= 0.6 is 15.9 Å². The molecule has 3 rings (SSSR count). The lowest BCUT2D eigenvalue weighted by molar-refractivity contribution is 0.597. The van der Waals surface area contributed by atoms with Gasteiger partial charge in [0.05, 0.1) is 0 Å². The first-order valence-corrected chi connectivity index (χ1v) is 10.4. The molecule has 0 bridgehead atoms. The third-order valence-electron chi connectivity index (χ3n) is 4.23. The van der Waals surface area contributed by atoms with Crippen molar-refractivity contribution in [2.45, 2.75) is 24.7 Å². The third-order valence-corrected chi connectivity index (χ3v) is 6.52. The Hall–Kier alpha value is -2.12. The molecule has 0 atom stereocenters. The predicted molar refractivity (Wildman–Crippen MR) is 109 cm³/mol. The topological polar surface area (TPSA) is 75.8 Å². The van der Waals surface area contributed by atoms with Gasteiger partial charge in [0.2, 0.25) is 0 Å². The van der Waals surface area contributed by atoms with Gasteiger partial charge in [-0.05, 0) is 52.5 Å². The molecule has 2 N–H and O–H groups in total. The number of halogens is 1. The second-order valence-electron chi connectivity index (χ2n) is 6.27. The maximum Gasteiger partial charge on any atom is 0.285 e. The number of nitrogens with two attached hydrogens (primary N) is 1. The van der Waals surface area contributed by atoms with Gasteiger partial charge in [0.15, 0.2) is 0 Å². The fourth-order valence-electron chi connectivity index (χ4n) is 3.02. The zero-order chi connectivity index (χ0) is 18.9. The molecule has 1 aliphatic heterocycles. The Morgan fingerprint density at radius 3 is 2.65 bits per heavy atom. The Kier molecular flexibility index (Phi) is 5.20. The molecule has 0 aromatic heterocycles. The van der Waals surface area contributed by atoms with E-state index in [2.05, 4.69) is 26.9 Å². The van der Waals surface area contributed by atoms with Crippen molar-refractivity contribution in [1.82, 2.24) is 0 Å². The average molecular weight is 434 g/mol. The molecule has 1 aliphatic rings. The van der Waals surface area contributed by atoms with Gasteiger partial charge < -0.3 is 10.6 Å². The predicted octanol–water partition coefficient (Wildman–Crippen LogP) is 3.63. The largest absolute Gasteiger partial charge is 0.386 e. The standard InChI is InChI=1S/C19H20BrN3O2S/c1-13(2)23-9-8-15-11-16(20)18(12-17(15)23)26(24,25)22-19(21)10-14-6-4-3-5-7-14/h3-7,11-12H,1,8-10H2,2H3,(H2,21,22). The molecule has 26 heavy (non-hydrogen) atoms. The van der Waals surface area contributed by atoms with Crippen LogP contribution in [0.5, 0.6) is 0 Å². The lowest BCUT2D eigenvalue weighted by atomic mass is 10.1. The van der Waals surface area contributed by atoms with Gasteiger partial charge in [0.25, 0.3) is 10.0 Å². The van der Waals surface area contributed by atoms with Crippen LogP contribution in [0.3, 0.4) is 0 Å². The molecule has 0 fully saturated rings. The molecule has 0 spiro atoms. The number of rotatable bonds is 5. The fourth-order valence-corrected chi connectivity index (χ4v) is 5.07. The summed E-state index contributed by atoms with van der Waals surface area (Å²) in [5.74, 6) is 0.0559. The van der Waals surface area contributed by atoms with Crippen molar-refractivity contribution in [3.63, 3.8) is 0 Å². The van der Waals surface area contributed by atoms with E-state index in [1.54, 1.807) is 6.07 Å². The van der Waals surface area contributed by atoms with Crippen molar-refractivity contribution in [2.24, 2.45) is 10.1 Å². The summed E-state index contributed by atoms with van der Waals surface area (Å²) in [5.41, 5.74) is 9.62. The highest BCUT2D eigenvalue weighted by atomic mass is 79.9. The summed E-state index contributed by atoms with van der Waals surface area (Å²) in [7, 11) is -3.92. The smallest absolute Gasteiger partial charge is 0.285 e. The molecule has 2 aromatic rings. The molecule has 0 saturated carbocycles. The van der Waals surface area contributed by atoms with Gasteiger partial charge in [-0.3, -0.25) is 0 Å². The van der Waals surface area contributed by atoms with E-state index < -0.39 is 10.0 Å². The normalized spacial score (nSPS) is 14.4. The molecule has 1 heterocycles. The van der Waals surface area contributed by atoms with Crippen molar-refractivity contribution in [2.75, 3.05) is 11.4 Å². The number of fused-ring (bicyclic) bond motifs is 1. The maximum atomic E-state index is 12.8. The molecule has 7 heteroatoms. The molecule has 136 valence electrons. The van der Waals surface area contributed by atoms with Gasteiger partial charge >= 0.3 is 0 Å². The highest BCUT2D eigenvalue weighted by Gasteiger charge is 2.26. The SMILES string of the molecule is C=C(C)N1CCc2cc(Br)c(S(=O)(=O)N=C(N)Cc3ccccc3)cc21. The second-order valence-corrected chi connectivity index (χ2v) is 8.70. The van der Waals surface area contributed by atoms with E-state index in [4.69, 9.17) is 5.73 Å². The van der Waals surface area contributed by atoms with Crippen LogP contribution < -0.4 is 10.6 Å². The minimum atomic E-state index is -3.92. The van der Waals surface area contributed by atoms with E-state index >= 15 is 0 Å². The van der Waals surface area contributed by atoms with Crippen LogP contribution in [0.25, 0.3) is 0 Å². The molecule has 0 radical (unpaired) electrons. The van der Waals surface area contributed by atoms with E-state index in [1.165, 1.54) is 0 Å². The molecular formula is C19H20BrN3O2S. The van der Waals surface area contributed by atoms with Crippen LogP contribution in [0.15, 0.2) is 68.5 Å². The average Bonchev–Trinajstić information content (AvgIpc) is 2.97. The molecule has 5 nitrogen and oxygen atoms in total. The van der Waals surface area contributed by atoms with Crippen LogP contribution in [0.2, 0.25) is 0 Å². The second kappa shape index (κ2) is 7.25. The number of allylic oxidation sites excluding steroid dienone is 1. The van der Waals surface area contributed by atoms with Gasteiger partial charge in [0.1, 0.15) is 10.7 Å². The Balaban J connectivity index is 1.96. The van der Waals surface area contributed by atoms with E-state index in [0.717, 1.165) is 35.5 Å². The van der Waals surface area contributed by atoms with Crippen molar-refractivity contribution in [3.8, 4) is 0 Å². The first-order valence-electron chi connectivity index (χ1n) is 8.16. The lowest BCUT2D eigenvalue weighted by Gasteiger charge is -2.19. The van der Waals surface area contributed by atoms with E-state index in [9.17, 15) is 8.42 Å². The zero-order valence-electron chi connectivity index (χ0n) is 14.4. The monoisotopic (exact) mass is 433 g/mol. The number of benzene rings is 2. The summed E-state index contributed by atoms with van der Waals surface area (Å²) in [5, 5.41) is 0. The Labute approximate surface area is 162 Å². The number of amidine groups is 1. The van der Waals surface area contributed by atoms with Gasteiger partial charge in [0, 0.05) is 28.8 Å². The van der Waals surface area contributed by atoms with Crippen molar-refractivity contribution < 1.29 is 8.42 Å². The van der Waals surface area contributed by atoms with Crippen molar-refractivity contribution >= 4 is 37.5 Å². The molecule has 0 saturated heterocycles. The quantitative estimate of drug-likeness (QED) is 0.576. The summed E-state index contributed by atoms with van der Waals surface area (Å²) in [4.78, 5) is 2.12. The zero-order valence-corrected chi connectivity index (χ0v) is 16.8. The van der Waals surface area contributed by atoms with E-state index in [1.807, 2.05) is 48.2 Å². The molecular weight excluding hydrogens is 414 g/mol. The number of nitrogens with zero attached hydrogens (tertiary/aromatic N) is 2. The summed E-state index contributed by atoms with van der Waals surface area (Å²) >= 11 is 3.37. The highest BCUT2D eigenvalue weighted by Crippen LogP contribution is 2.37. The number of hydrogen-bond acceptors (Lipinski definition) is 3. The van der Waals surface area contributed by atoms with Gasteiger partial charge in [-0.25, -0.2) is 0 Å². The number of anilines is 1. The Morgan fingerprint density at radius 1 is 1.31 bits per heavy atom. The Bertz CT molecular complexity index is 985. The lowest BCUT2D eigenvalue weighted by Crippen LogP contribution is -2.18. The van der Waals surface area contributed by atoms with Gasteiger partial charge in [-0.15, -0.1) is 4.40 Å². The first-order chi connectivity index (χ1) is 12.3. The first kappa shape index (κ1) is 18.7. The fraction of sp³-hybridized carbons (Fsp3) is 0.211. The number of sulfonamides is 1. The molecule has 2 aromatic carbocycles. The van der Waals surface area contributed by atoms with Crippen molar-refractivity contribution in [3.05, 3.63) is 70.3 Å². The summed E-state index contributed by atoms with van der Waals surface area (Å²) in [6.07, 6.45) is 1.13. The van der Waals surface area contributed by atoms with Gasteiger partial charge in [-0.2, -0.15) is 8.42 Å². The van der Waals surface area contributed by atoms with Gasteiger partial charge in [-0.1, -0.05) is 36.9 Å². The van der Waals surface area contributed by atoms with E-state index in [0.29, 0.717) is 4.47 Å². The highest BCUT2D eigenvalue weighted by molar-refractivity contribution is 9.10. The minimum Gasteiger partial charge on any atom is -0.386 e. The molecule has 0 unspecified atom stereocenters.